The third-order valence-corrected chi connectivity index (χ3v) is 5.39. The second-order valence-electron chi connectivity index (χ2n) is 8.53. The van der Waals surface area contributed by atoms with Crippen LogP contribution in [-0.4, -0.2) is 29.8 Å². The summed E-state index contributed by atoms with van der Waals surface area (Å²) < 4.78 is 0. The number of benzene rings is 2. The lowest BCUT2D eigenvalue weighted by Crippen LogP contribution is -2.40. The molecule has 2 aromatic carbocycles. The average Bonchev–Trinajstić information content (AvgIpc) is 3.24. The van der Waals surface area contributed by atoms with Crippen LogP contribution in [0.4, 0.5) is 0 Å². The molecule has 2 N–H and O–H groups in total. The Bertz CT molecular complexity index is 812. The van der Waals surface area contributed by atoms with Crippen LogP contribution in [0.1, 0.15) is 55.8 Å². The molecule has 3 rings (SSSR count). The molecule has 1 atom stereocenters. The Morgan fingerprint density at radius 2 is 1.57 bits per heavy atom. The quantitative estimate of drug-likeness (QED) is 0.665. The van der Waals surface area contributed by atoms with Gasteiger partial charge in [0.15, 0.2) is 0 Å². The normalized spacial score (nSPS) is 15.2. The minimum absolute atomic E-state index is 0.111. The van der Waals surface area contributed by atoms with Crippen LogP contribution in [-0.2, 0) is 22.7 Å². The fraction of sp³-hybridized carbons (Fsp3) is 0.440. The van der Waals surface area contributed by atoms with E-state index in [0.29, 0.717) is 13.0 Å². The van der Waals surface area contributed by atoms with E-state index in [1.807, 2.05) is 44.2 Å². The first-order valence-corrected chi connectivity index (χ1v) is 10.9. The third kappa shape index (κ3) is 6.70. The van der Waals surface area contributed by atoms with Crippen LogP contribution in [0.3, 0.4) is 0 Å². The fourth-order valence-corrected chi connectivity index (χ4v) is 3.79. The van der Waals surface area contributed by atoms with Gasteiger partial charge in [-0.3, -0.25) is 14.5 Å². The van der Waals surface area contributed by atoms with Gasteiger partial charge in [0, 0.05) is 19.5 Å². The first kappa shape index (κ1) is 22.0. The zero-order chi connectivity index (χ0) is 21.3. The highest BCUT2D eigenvalue weighted by Gasteiger charge is 2.22. The van der Waals surface area contributed by atoms with Crippen LogP contribution in [0.2, 0.25) is 0 Å². The highest BCUT2D eigenvalue weighted by molar-refractivity contribution is 5.88. The summed E-state index contributed by atoms with van der Waals surface area (Å²) in [5.41, 5.74) is 3.14. The van der Waals surface area contributed by atoms with Crippen LogP contribution in [0, 0.1) is 5.92 Å². The van der Waals surface area contributed by atoms with Gasteiger partial charge in [0.05, 0.1) is 0 Å². The van der Waals surface area contributed by atoms with Crippen molar-refractivity contribution in [1.29, 1.82) is 0 Å². The van der Waals surface area contributed by atoms with Crippen molar-refractivity contribution in [3.05, 3.63) is 71.3 Å². The molecule has 0 spiro atoms. The maximum atomic E-state index is 12.9. The van der Waals surface area contributed by atoms with Crippen molar-refractivity contribution < 1.29 is 9.59 Å². The SMILES string of the molecule is CC(C)CC(=O)NC(C(=O)NCc1ccc(CN2CCCC2)cc1)c1ccccc1. The summed E-state index contributed by atoms with van der Waals surface area (Å²) >= 11 is 0. The lowest BCUT2D eigenvalue weighted by atomic mass is 10.0. The van der Waals surface area contributed by atoms with Crippen LogP contribution in [0.15, 0.2) is 54.6 Å². The minimum Gasteiger partial charge on any atom is -0.350 e. The van der Waals surface area contributed by atoms with Crippen molar-refractivity contribution in [2.45, 2.75) is 52.2 Å². The van der Waals surface area contributed by atoms with Gasteiger partial charge in [-0.1, -0.05) is 68.4 Å². The smallest absolute Gasteiger partial charge is 0.247 e. The Hall–Kier alpha value is -2.66. The first-order valence-electron chi connectivity index (χ1n) is 10.9. The van der Waals surface area contributed by atoms with Gasteiger partial charge in [-0.25, -0.2) is 0 Å². The molecule has 1 fully saturated rings. The molecular weight excluding hydrogens is 374 g/mol. The zero-order valence-electron chi connectivity index (χ0n) is 18.1. The highest BCUT2D eigenvalue weighted by atomic mass is 16.2. The maximum absolute atomic E-state index is 12.9. The van der Waals surface area contributed by atoms with Crippen LogP contribution >= 0.6 is 0 Å². The number of carbonyl (C=O) groups is 2. The molecule has 0 aromatic heterocycles. The van der Waals surface area contributed by atoms with Crippen molar-refractivity contribution in [3.8, 4) is 0 Å². The van der Waals surface area contributed by atoms with Crippen LogP contribution in [0.5, 0.6) is 0 Å². The molecule has 1 aliphatic heterocycles. The van der Waals surface area contributed by atoms with Crippen molar-refractivity contribution in [3.63, 3.8) is 0 Å². The summed E-state index contributed by atoms with van der Waals surface area (Å²) in [5.74, 6) is -0.0664. The van der Waals surface area contributed by atoms with E-state index in [-0.39, 0.29) is 17.7 Å². The highest BCUT2D eigenvalue weighted by Crippen LogP contribution is 2.16. The Balaban J connectivity index is 1.58. The minimum atomic E-state index is -0.688. The summed E-state index contributed by atoms with van der Waals surface area (Å²) in [6.45, 7) is 7.77. The number of carbonyl (C=O) groups excluding carboxylic acids is 2. The molecule has 1 unspecified atom stereocenters. The monoisotopic (exact) mass is 407 g/mol. The van der Waals surface area contributed by atoms with Gasteiger partial charge in [0.25, 0.3) is 0 Å². The van der Waals surface area contributed by atoms with Gasteiger partial charge in [-0.05, 0) is 48.5 Å². The van der Waals surface area contributed by atoms with Gasteiger partial charge in [-0.15, -0.1) is 0 Å². The topological polar surface area (TPSA) is 61.4 Å². The van der Waals surface area contributed by atoms with E-state index in [2.05, 4.69) is 39.8 Å². The van der Waals surface area contributed by atoms with Crippen molar-refractivity contribution >= 4 is 11.8 Å². The number of hydrogen-bond donors (Lipinski definition) is 2. The van der Waals surface area contributed by atoms with Crippen LogP contribution in [0.25, 0.3) is 0 Å². The lowest BCUT2D eigenvalue weighted by Gasteiger charge is -2.20. The first-order chi connectivity index (χ1) is 14.5. The maximum Gasteiger partial charge on any atom is 0.247 e. The summed E-state index contributed by atoms with van der Waals surface area (Å²) in [6, 6.07) is 17.1. The number of nitrogens with zero attached hydrogens (tertiary/aromatic N) is 1. The Morgan fingerprint density at radius 3 is 2.20 bits per heavy atom. The predicted molar refractivity (Wildman–Crippen MR) is 120 cm³/mol. The Labute approximate surface area is 179 Å². The largest absolute Gasteiger partial charge is 0.350 e. The fourth-order valence-electron chi connectivity index (χ4n) is 3.79. The lowest BCUT2D eigenvalue weighted by molar-refractivity contribution is -0.129. The zero-order valence-corrected chi connectivity index (χ0v) is 18.1. The van der Waals surface area contributed by atoms with E-state index in [4.69, 9.17) is 0 Å². The molecule has 1 saturated heterocycles. The molecular formula is C25H33N3O2. The summed E-state index contributed by atoms with van der Waals surface area (Å²) in [5, 5.41) is 5.88. The molecule has 2 aromatic rings. The second-order valence-corrected chi connectivity index (χ2v) is 8.53. The molecule has 0 bridgehead atoms. The standard InChI is InChI=1S/C25H33N3O2/c1-19(2)16-23(29)27-24(22-8-4-3-5-9-22)25(30)26-17-20-10-12-21(13-11-20)18-28-14-6-7-15-28/h3-5,8-13,19,24H,6-7,14-18H2,1-2H3,(H,26,30)(H,27,29). The summed E-state index contributed by atoms with van der Waals surface area (Å²) in [4.78, 5) is 27.7. The molecule has 1 aliphatic rings. The van der Waals surface area contributed by atoms with E-state index in [1.165, 1.54) is 31.5 Å². The molecule has 5 nitrogen and oxygen atoms in total. The van der Waals surface area contributed by atoms with E-state index < -0.39 is 6.04 Å². The Morgan fingerprint density at radius 1 is 0.933 bits per heavy atom. The number of likely N-dealkylation sites (tertiary alicyclic amines) is 1. The summed E-state index contributed by atoms with van der Waals surface area (Å²) in [7, 11) is 0. The number of hydrogen-bond acceptors (Lipinski definition) is 3. The van der Waals surface area contributed by atoms with Gasteiger partial charge in [0.1, 0.15) is 6.04 Å². The average molecular weight is 408 g/mol. The molecule has 5 heteroatoms. The molecule has 160 valence electrons. The molecule has 30 heavy (non-hydrogen) atoms. The van der Waals surface area contributed by atoms with Crippen LogP contribution < -0.4 is 10.6 Å². The molecule has 0 saturated carbocycles. The molecule has 1 heterocycles. The van der Waals surface area contributed by atoms with Crippen molar-refractivity contribution in [1.82, 2.24) is 15.5 Å². The number of amides is 2. The van der Waals surface area contributed by atoms with E-state index in [1.54, 1.807) is 0 Å². The summed E-state index contributed by atoms with van der Waals surface area (Å²) in [6.07, 6.45) is 2.98. The van der Waals surface area contributed by atoms with Crippen molar-refractivity contribution in [2.75, 3.05) is 13.1 Å². The molecule has 0 aliphatic carbocycles. The van der Waals surface area contributed by atoms with Crippen molar-refractivity contribution in [2.24, 2.45) is 5.92 Å². The van der Waals surface area contributed by atoms with E-state index in [0.717, 1.165) is 17.7 Å². The van der Waals surface area contributed by atoms with Gasteiger partial charge in [0.2, 0.25) is 11.8 Å². The van der Waals surface area contributed by atoms with E-state index >= 15 is 0 Å². The number of rotatable bonds is 9. The van der Waals surface area contributed by atoms with Gasteiger partial charge >= 0.3 is 0 Å². The third-order valence-electron chi connectivity index (χ3n) is 5.39. The van der Waals surface area contributed by atoms with Gasteiger partial charge < -0.3 is 10.6 Å². The number of nitrogens with one attached hydrogen (secondary N) is 2. The van der Waals surface area contributed by atoms with E-state index in [9.17, 15) is 9.59 Å². The predicted octanol–water partition coefficient (Wildman–Crippen LogP) is 3.80. The molecule has 2 amide bonds. The Kier molecular flexibility index (Phi) is 8.03. The van der Waals surface area contributed by atoms with Gasteiger partial charge in [-0.2, -0.15) is 0 Å². The molecule has 0 radical (unpaired) electrons. The second kappa shape index (κ2) is 10.9.